The van der Waals surface area contributed by atoms with Gasteiger partial charge in [-0.1, -0.05) is 37.3 Å². The fourth-order valence-electron chi connectivity index (χ4n) is 4.89. The summed E-state index contributed by atoms with van der Waals surface area (Å²) in [6.45, 7) is 5.66. The highest BCUT2D eigenvalue weighted by Gasteiger charge is 2.23. The molecular formula is C26H37N3O. The van der Waals surface area contributed by atoms with Crippen LogP contribution in [-0.4, -0.2) is 36.5 Å². The van der Waals surface area contributed by atoms with Gasteiger partial charge in [0.25, 0.3) is 0 Å². The third-order valence-electron chi connectivity index (χ3n) is 6.80. The molecule has 1 aliphatic heterocycles. The summed E-state index contributed by atoms with van der Waals surface area (Å²) in [7, 11) is 0. The van der Waals surface area contributed by atoms with Gasteiger partial charge in [-0.05, 0) is 80.5 Å². The molecule has 1 aromatic carbocycles. The summed E-state index contributed by atoms with van der Waals surface area (Å²) in [5.41, 5.74) is 4.44. The van der Waals surface area contributed by atoms with Crippen LogP contribution in [0.2, 0.25) is 0 Å². The van der Waals surface area contributed by atoms with Gasteiger partial charge in [-0.2, -0.15) is 5.26 Å². The smallest absolute Gasteiger partial charge is 0.220 e. The van der Waals surface area contributed by atoms with E-state index in [-0.39, 0.29) is 5.91 Å². The molecule has 4 heteroatoms. The molecular weight excluding hydrogens is 370 g/mol. The molecule has 1 amide bonds. The van der Waals surface area contributed by atoms with E-state index in [9.17, 15) is 4.79 Å². The molecule has 1 fully saturated rings. The Hall–Kier alpha value is -2.12. The quantitative estimate of drug-likeness (QED) is 0.580. The van der Waals surface area contributed by atoms with Crippen molar-refractivity contribution in [3.8, 4) is 6.07 Å². The molecule has 0 aromatic heterocycles. The number of amides is 1. The van der Waals surface area contributed by atoms with Crippen LogP contribution >= 0.6 is 0 Å². The van der Waals surface area contributed by atoms with Crippen molar-refractivity contribution in [1.29, 1.82) is 5.26 Å². The van der Waals surface area contributed by atoms with E-state index >= 15 is 0 Å². The Labute approximate surface area is 182 Å². The first-order valence-electron chi connectivity index (χ1n) is 11.9. The first-order chi connectivity index (χ1) is 14.7. The van der Waals surface area contributed by atoms with E-state index in [4.69, 9.17) is 5.26 Å². The van der Waals surface area contributed by atoms with Gasteiger partial charge in [0, 0.05) is 32.0 Å². The lowest BCUT2D eigenvalue weighted by Crippen LogP contribution is -2.38. The normalized spacial score (nSPS) is 22.2. The lowest BCUT2D eigenvalue weighted by atomic mass is 9.84. The summed E-state index contributed by atoms with van der Waals surface area (Å²) in [6.07, 6.45) is 12.3. The van der Waals surface area contributed by atoms with Crippen LogP contribution < -0.4 is 5.32 Å². The molecule has 0 saturated heterocycles. The van der Waals surface area contributed by atoms with Crippen molar-refractivity contribution < 1.29 is 4.79 Å². The molecule has 0 unspecified atom stereocenters. The van der Waals surface area contributed by atoms with Crippen molar-refractivity contribution in [2.45, 2.75) is 77.2 Å². The number of nitrogens with one attached hydrogen (secondary N) is 1. The maximum absolute atomic E-state index is 11.9. The van der Waals surface area contributed by atoms with E-state index in [1.807, 2.05) is 0 Å². The van der Waals surface area contributed by atoms with Crippen LogP contribution in [0.5, 0.6) is 0 Å². The number of aryl methyl sites for hydroxylation is 1. The number of unbranched alkanes of at least 4 members (excludes halogenated alkanes) is 1. The van der Waals surface area contributed by atoms with Crippen LogP contribution in [0.15, 0.2) is 30.3 Å². The second-order valence-electron chi connectivity index (χ2n) is 8.88. The predicted molar refractivity (Wildman–Crippen MR) is 123 cm³/mol. The Balaban J connectivity index is 1.35. The molecule has 162 valence electrons. The van der Waals surface area contributed by atoms with Crippen molar-refractivity contribution in [3.63, 3.8) is 0 Å². The molecule has 0 spiro atoms. The van der Waals surface area contributed by atoms with E-state index in [1.165, 1.54) is 42.5 Å². The average Bonchev–Trinajstić information content (AvgIpc) is 2.79. The average molecular weight is 408 g/mol. The van der Waals surface area contributed by atoms with E-state index < -0.39 is 0 Å². The Kier molecular flexibility index (Phi) is 8.96. The summed E-state index contributed by atoms with van der Waals surface area (Å²) in [6, 6.07) is 11.3. The third-order valence-corrected chi connectivity index (χ3v) is 6.80. The molecule has 3 rings (SSSR count). The van der Waals surface area contributed by atoms with Crippen LogP contribution in [0, 0.1) is 17.2 Å². The van der Waals surface area contributed by atoms with Gasteiger partial charge in [-0.3, -0.25) is 9.69 Å². The van der Waals surface area contributed by atoms with Crippen LogP contribution in [-0.2, 0) is 11.2 Å². The van der Waals surface area contributed by atoms with Crippen LogP contribution in [0.4, 0.5) is 0 Å². The minimum atomic E-state index is 0.120. The molecule has 1 aromatic rings. The van der Waals surface area contributed by atoms with Gasteiger partial charge in [0.15, 0.2) is 0 Å². The SMILES string of the molecule is CCc1ccccc1C1=CCN(CC[C@H]2CC[C@H](NC(=O)CCCC#N)CC2)CC1. The Morgan fingerprint density at radius 1 is 1.23 bits per heavy atom. The van der Waals surface area contributed by atoms with Gasteiger partial charge in [0.05, 0.1) is 6.07 Å². The Bertz CT molecular complexity index is 756. The zero-order chi connectivity index (χ0) is 21.2. The number of hydrogen-bond donors (Lipinski definition) is 1. The molecule has 2 aliphatic rings. The maximum atomic E-state index is 11.9. The predicted octanol–water partition coefficient (Wildman–Crippen LogP) is 5.10. The number of benzene rings is 1. The third kappa shape index (κ3) is 6.71. The van der Waals surface area contributed by atoms with Crippen molar-refractivity contribution >= 4 is 11.5 Å². The topological polar surface area (TPSA) is 56.1 Å². The highest BCUT2D eigenvalue weighted by atomic mass is 16.1. The van der Waals surface area contributed by atoms with Crippen molar-refractivity contribution in [1.82, 2.24) is 10.2 Å². The fraction of sp³-hybridized carbons (Fsp3) is 0.615. The fourth-order valence-corrected chi connectivity index (χ4v) is 4.89. The second-order valence-corrected chi connectivity index (χ2v) is 8.88. The van der Waals surface area contributed by atoms with Crippen molar-refractivity contribution in [3.05, 3.63) is 41.5 Å². The maximum Gasteiger partial charge on any atom is 0.220 e. The highest BCUT2D eigenvalue weighted by molar-refractivity contribution is 5.76. The second kappa shape index (κ2) is 11.9. The zero-order valence-corrected chi connectivity index (χ0v) is 18.5. The van der Waals surface area contributed by atoms with Crippen LogP contribution in [0.25, 0.3) is 5.57 Å². The number of hydrogen-bond acceptors (Lipinski definition) is 3. The zero-order valence-electron chi connectivity index (χ0n) is 18.5. The van der Waals surface area contributed by atoms with Crippen molar-refractivity contribution in [2.24, 2.45) is 5.92 Å². The standard InChI is InChI=1S/C26H37N3O/c1-2-22-7-3-4-8-25(22)23-15-19-29(20-16-23)18-14-21-10-12-24(13-11-21)28-26(30)9-5-6-17-27/h3-4,7-8,15,21,24H,2,5-6,9-14,16,18-20H2,1H3,(H,28,30)/t21-,24-. The minimum Gasteiger partial charge on any atom is -0.353 e. The molecule has 4 nitrogen and oxygen atoms in total. The molecule has 1 aliphatic carbocycles. The largest absolute Gasteiger partial charge is 0.353 e. The number of nitrogens with zero attached hydrogens (tertiary/aromatic N) is 2. The molecule has 0 radical (unpaired) electrons. The highest BCUT2D eigenvalue weighted by Crippen LogP contribution is 2.29. The Morgan fingerprint density at radius 2 is 2.03 bits per heavy atom. The van der Waals surface area contributed by atoms with Gasteiger partial charge >= 0.3 is 0 Å². The molecule has 0 atom stereocenters. The molecule has 1 heterocycles. The van der Waals surface area contributed by atoms with E-state index in [0.29, 0.717) is 25.3 Å². The molecule has 1 N–H and O–H groups in total. The summed E-state index contributed by atoms with van der Waals surface area (Å²) >= 11 is 0. The monoisotopic (exact) mass is 407 g/mol. The van der Waals surface area contributed by atoms with Gasteiger partial charge in [0.1, 0.15) is 0 Å². The molecule has 0 bridgehead atoms. The number of nitriles is 1. The first kappa shape index (κ1) is 22.6. The molecule has 30 heavy (non-hydrogen) atoms. The Morgan fingerprint density at radius 3 is 2.73 bits per heavy atom. The summed E-state index contributed by atoms with van der Waals surface area (Å²) in [4.78, 5) is 14.5. The van der Waals surface area contributed by atoms with E-state index in [1.54, 1.807) is 0 Å². The number of carbonyl (C=O) groups excluding carboxylic acids is 1. The van der Waals surface area contributed by atoms with Crippen LogP contribution in [0.3, 0.4) is 0 Å². The van der Waals surface area contributed by atoms with Crippen LogP contribution in [0.1, 0.15) is 75.8 Å². The van der Waals surface area contributed by atoms with Gasteiger partial charge in [0.2, 0.25) is 5.91 Å². The van der Waals surface area contributed by atoms with E-state index in [2.05, 4.69) is 53.6 Å². The van der Waals surface area contributed by atoms with Crippen molar-refractivity contribution in [2.75, 3.05) is 19.6 Å². The summed E-state index contributed by atoms with van der Waals surface area (Å²) in [5, 5.41) is 11.7. The van der Waals surface area contributed by atoms with Gasteiger partial charge < -0.3 is 5.32 Å². The number of rotatable bonds is 9. The van der Waals surface area contributed by atoms with E-state index in [0.717, 1.165) is 44.7 Å². The van der Waals surface area contributed by atoms with Gasteiger partial charge in [-0.25, -0.2) is 0 Å². The first-order valence-corrected chi connectivity index (χ1v) is 11.9. The minimum absolute atomic E-state index is 0.120. The summed E-state index contributed by atoms with van der Waals surface area (Å²) < 4.78 is 0. The van der Waals surface area contributed by atoms with Gasteiger partial charge in [-0.15, -0.1) is 0 Å². The lowest BCUT2D eigenvalue weighted by Gasteiger charge is -2.32. The summed E-state index contributed by atoms with van der Waals surface area (Å²) in [5.74, 6) is 0.914. The lowest BCUT2D eigenvalue weighted by molar-refractivity contribution is -0.122. The number of carbonyl (C=O) groups is 1. The molecule has 1 saturated carbocycles.